The van der Waals surface area contributed by atoms with Crippen molar-refractivity contribution in [3.63, 3.8) is 0 Å². The van der Waals surface area contributed by atoms with Crippen molar-refractivity contribution < 1.29 is 18.7 Å². The van der Waals surface area contributed by atoms with Crippen LogP contribution in [0.4, 0.5) is 4.39 Å². The number of halogens is 1. The Morgan fingerprint density at radius 3 is 2.80 bits per heavy atom. The van der Waals surface area contributed by atoms with Crippen LogP contribution in [0.25, 0.3) is 0 Å². The minimum Gasteiger partial charge on any atom is -0.488 e. The summed E-state index contributed by atoms with van der Waals surface area (Å²) in [6.07, 6.45) is 3.46. The maximum atomic E-state index is 14.0. The number of para-hydroxylation sites is 1. The fraction of sp³-hybridized carbons (Fsp3) is 0.478. The van der Waals surface area contributed by atoms with Crippen molar-refractivity contribution in [1.82, 2.24) is 9.80 Å². The Balaban J connectivity index is 1.50. The number of hydrogen-bond donors (Lipinski definition) is 0. The second-order valence-electron chi connectivity index (χ2n) is 7.93. The quantitative estimate of drug-likeness (QED) is 0.635. The Morgan fingerprint density at radius 1 is 1.27 bits per heavy atom. The molecule has 1 atom stereocenters. The van der Waals surface area contributed by atoms with Crippen molar-refractivity contribution >= 4 is 23.2 Å². The van der Waals surface area contributed by atoms with Crippen molar-refractivity contribution in [2.24, 2.45) is 5.92 Å². The highest BCUT2D eigenvalue weighted by molar-refractivity contribution is 7.10. The zero-order chi connectivity index (χ0) is 21.1. The van der Waals surface area contributed by atoms with Gasteiger partial charge in [-0.2, -0.15) is 0 Å². The standard InChI is InChI=1S/C23H27FN2O3S/c1-2-11-25(23(28)16-7-8-16)14-22(27)26-12-9-21-17(10-13-30-21)19(26)15-29-20-6-4-3-5-18(20)24/h3-6,10,13,16,19H,2,7-9,11-12,14-15H2,1H3/t19-/m1/s1. The van der Waals surface area contributed by atoms with Crippen LogP contribution in [0.5, 0.6) is 5.75 Å². The Kier molecular flexibility index (Phi) is 6.37. The molecule has 0 spiro atoms. The minimum absolute atomic E-state index is 0.0727. The van der Waals surface area contributed by atoms with E-state index in [-0.39, 0.29) is 42.7 Å². The molecule has 5 nitrogen and oxygen atoms in total. The van der Waals surface area contributed by atoms with Gasteiger partial charge in [0.25, 0.3) is 0 Å². The van der Waals surface area contributed by atoms with E-state index in [4.69, 9.17) is 4.74 Å². The lowest BCUT2D eigenvalue weighted by Crippen LogP contribution is -2.48. The van der Waals surface area contributed by atoms with E-state index in [1.54, 1.807) is 39.3 Å². The van der Waals surface area contributed by atoms with Gasteiger partial charge >= 0.3 is 0 Å². The number of carbonyl (C=O) groups excluding carboxylic acids is 2. The molecule has 2 heterocycles. The molecule has 1 aliphatic heterocycles. The molecule has 0 N–H and O–H groups in total. The molecular formula is C23H27FN2O3S. The van der Waals surface area contributed by atoms with Crippen molar-refractivity contribution in [3.05, 3.63) is 52.0 Å². The van der Waals surface area contributed by atoms with E-state index < -0.39 is 5.82 Å². The number of carbonyl (C=O) groups is 2. The number of benzene rings is 1. The third-order valence-electron chi connectivity index (χ3n) is 5.71. The lowest BCUT2D eigenvalue weighted by atomic mass is 10.0. The first-order valence-electron chi connectivity index (χ1n) is 10.6. The van der Waals surface area contributed by atoms with Crippen LogP contribution in [0, 0.1) is 11.7 Å². The maximum absolute atomic E-state index is 14.0. The molecule has 2 aliphatic rings. The Labute approximate surface area is 180 Å². The molecule has 1 saturated carbocycles. The SMILES string of the molecule is CCCN(CC(=O)N1CCc2sccc2[C@H]1COc1ccccc1F)C(=O)C1CC1. The van der Waals surface area contributed by atoms with Crippen LogP contribution in [-0.4, -0.2) is 47.9 Å². The average molecular weight is 431 g/mol. The van der Waals surface area contributed by atoms with Gasteiger partial charge in [-0.3, -0.25) is 9.59 Å². The Hall–Kier alpha value is -2.41. The van der Waals surface area contributed by atoms with Crippen molar-refractivity contribution in [1.29, 1.82) is 0 Å². The molecule has 4 rings (SSSR count). The first-order valence-corrected chi connectivity index (χ1v) is 11.5. The summed E-state index contributed by atoms with van der Waals surface area (Å²) in [5.74, 6) is -0.118. The molecule has 1 aromatic carbocycles. The average Bonchev–Trinajstić information content (AvgIpc) is 3.48. The van der Waals surface area contributed by atoms with Crippen LogP contribution in [0.2, 0.25) is 0 Å². The van der Waals surface area contributed by atoms with Crippen LogP contribution < -0.4 is 4.74 Å². The first-order chi connectivity index (χ1) is 14.6. The van der Waals surface area contributed by atoms with Crippen LogP contribution in [0.1, 0.15) is 42.7 Å². The summed E-state index contributed by atoms with van der Waals surface area (Å²) < 4.78 is 19.8. The van der Waals surface area contributed by atoms with Crippen molar-refractivity contribution in [2.75, 3.05) is 26.2 Å². The monoisotopic (exact) mass is 430 g/mol. The second-order valence-corrected chi connectivity index (χ2v) is 8.93. The van der Waals surface area contributed by atoms with Gasteiger partial charge in [-0.15, -0.1) is 11.3 Å². The maximum Gasteiger partial charge on any atom is 0.242 e. The van der Waals surface area contributed by atoms with E-state index in [1.165, 1.54) is 10.9 Å². The summed E-state index contributed by atoms with van der Waals surface area (Å²) in [6, 6.07) is 8.04. The van der Waals surface area contributed by atoms with Crippen LogP contribution in [0.3, 0.4) is 0 Å². The topological polar surface area (TPSA) is 49.9 Å². The smallest absolute Gasteiger partial charge is 0.242 e. The number of fused-ring (bicyclic) bond motifs is 1. The summed E-state index contributed by atoms with van der Waals surface area (Å²) in [6.45, 7) is 3.46. The van der Waals surface area contributed by atoms with Crippen molar-refractivity contribution in [3.8, 4) is 5.75 Å². The molecule has 1 aliphatic carbocycles. The molecule has 1 aromatic heterocycles. The predicted octanol–water partition coefficient (Wildman–Crippen LogP) is 4.04. The fourth-order valence-corrected chi connectivity index (χ4v) is 4.91. The van der Waals surface area contributed by atoms with E-state index >= 15 is 0 Å². The van der Waals surface area contributed by atoms with E-state index in [9.17, 15) is 14.0 Å². The summed E-state index contributed by atoms with van der Waals surface area (Å²) in [5, 5.41) is 2.02. The minimum atomic E-state index is -0.416. The third kappa shape index (κ3) is 4.51. The van der Waals surface area contributed by atoms with Gasteiger partial charge in [0.05, 0.1) is 12.6 Å². The normalized spacial score (nSPS) is 18.1. The zero-order valence-electron chi connectivity index (χ0n) is 17.2. The molecule has 2 aromatic rings. The van der Waals surface area contributed by atoms with Gasteiger partial charge in [0.15, 0.2) is 11.6 Å². The highest BCUT2D eigenvalue weighted by Gasteiger charge is 2.37. The largest absolute Gasteiger partial charge is 0.488 e. The molecule has 1 fully saturated rings. The molecule has 2 amide bonds. The van der Waals surface area contributed by atoms with Gasteiger partial charge in [-0.25, -0.2) is 4.39 Å². The van der Waals surface area contributed by atoms with Crippen LogP contribution >= 0.6 is 11.3 Å². The Morgan fingerprint density at radius 2 is 2.07 bits per heavy atom. The molecule has 0 unspecified atom stereocenters. The number of ether oxygens (including phenoxy) is 1. The van der Waals surface area contributed by atoms with Gasteiger partial charge in [0, 0.05) is 23.9 Å². The van der Waals surface area contributed by atoms with Gasteiger partial charge in [-0.1, -0.05) is 19.1 Å². The highest BCUT2D eigenvalue weighted by Crippen LogP contribution is 2.35. The van der Waals surface area contributed by atoms with Gasteiger partial charge in [0.2, 0.25) is 11.8 Å². The molecular weight excluding hydrogens is 403 g/mol. The van der Waals surface area contributed by atoms with Crippen LogP contribution in [0.15, 0.2) is 35.7 Å². The number of rotatable bonds is 8. The van der Waals surface area contributed by atoms with E-state index in [0.29, 0.717) is 13.1 Å². The van der Waals surface area contributed by atoms with E-state index in [2.05, 4.69) is 0 Å². The second kappa shape index (κ2) is 9.16. The van der Waals surface area contributed by atoms with Crippen molar-refractivity contribution in [2.45, 2.75) is 38.6 Å². The summed E-state index contributed by atoms with van der Waals surface area (Å²) in [7, 11) is 0. The predicted molar refractivity (Wildman–Crippen MR) is 114 cm³/mol. The van der Waals surface area contributed by atoms with Crippen LogP contribution in [-0.2, 0) is 16.0 Å². The summed E-state index contributed by atoms with van der Waals surface area (Å²) in [4.78, 5) is 30.6. The fourth-order valence-electron chi connectivity index (χ4n) is 3.98. The lowest BCUT2D eigenvalue weighted by Gasteiger charge is -2.37. The van der Waals surface area contributed by atoms with Gasteiger partial charge < -0.3 is 14.5 Å². The molecule has 0 bridgehead atoms. The number of amides is 2. The number of thiophene rings is 1. The molecule has 160 valence electrons. The summed E-state index contributed by atoms with van der Waals surface area (Å²) in [5.41, 5.74) is 1.06. The van der Waals surface area contributed by atoms with E-state index in [1.807, 2.05) is 18.4 Å². The molecule has 0 saturated heterocycles. The number of nitrogens with zero attached hydrogens (tertiary/aromatic N) is 2. The molecule has 7 heteroatoms. The molecule has 0 radical (unpaired) electrons. The van der Waals surface area contributed by atoms with E-state index in [0.717, 1.165) is 31.2 Å². The Bertz CT molecular complexity index is 911. The third-order valence-corrected chi connectivity index (χ3v) is 6.70. The highest BCUT2D eigenvalue weighted by atomic mass is 32.1. The number of hydrogen-bond acceptors (Lipinski definition) is 4. The zero-order valence-corrected chi connectivity index (χ0v) is 18.0. The first kappa shape index (κ1) is 20.8. The lowest BCUT2D eigenvalue weighted by molar-refractivity contribution is -0.143. The van der Waals surface area contributed by atoms with Gasteiger partial charge in [-0.05, 0) is 54.8 Å². The molecule has 30 heavy (non-hydrogen) atoms. The van der Waals surface area contributed by atoms with Gasteiger partial charge in [0.1, 0.15) is 6.61 Å². The summed E-state index contributed by atoms with van der Waals surface area (Å²) >= 11 is 1.67.